The minimum Gasteiger partial charge on any atom is -0.379 e. The molecule has 23 heavy (non-hydrogen) atoms. The molecule has 0 bridgehead atoms. The Morgan fingerprint density at radius 1 is 1.26 bits per heavy atom. The number of fused-ring (bicyclic) bond motifs is 1. The first-order chi connectivity index (χ1) is 11.3. The van der Waals surface area contributed by atoms with Crippen LogP contribution in [0.25, 0.3) is 0 Å². The van der Waals surface area contributed by atoms with E-state index in [2.05, 4.69) is 27.5 Å². The highest BCUT2D eigenvalue weighted by atomic mass is 16.5. The van der Waals surface area contributed by atoms with Crippen molar-refractivity contribution in [2.75, 3.05) is 20.2 Å². The Morgan fingerprint density at radius 2 is 2.00 bits per heavy atom. The average Bonchev–Trinajstić information content (AvgIpc) is 3.30. The van der Waals surface area contributed by atoms with Gasteiger partial charge in [-0.3, -0.25) is 4.79 Å². The number of rotatable bonds is 3. The number of hydrogen-bond acceptors (Lipinski definition) is 4. The second-order valence-electron chi connectivity index (χ2n) is 6.39. The third-order valence-electron chi connectivity index (χ3n) is 5.09. The van der Waals surface area contributed by atoms with Gasteiger partial charge in [0, 0.05) is 26.1 Å². The van der Waals surface area contributed by atoms with E-state index in [1.807, 2.05) is 17.0 Å². The van der Waals surface area contributed by atoms with Crippen LogP contribution in [0.4, 0.5) is 0 Å². The van der Waals surface area contributed by atoms with Crippen molar-refractivity contribution < 1.29 is 9.53 Å². The van der Waals surface area contributed by atoms with Crippen molar-refractivity contribution in [2.24, 2.45) is 5.92 Å². The Kier molecular flexibility index (Phi) is 3.61. The van der Waals surface area contributed by atoms with Gasteiger partial charge >= 0.3 is 0 Å². The zero-order valence-corrected chi connectivity index (χ0v) is 13.1. The summed E-state index contributed by atoms with van der Waals surface area (Å²) in [5.41, 5.74) is 3.48. The number of hydrogen-bond donors (Lipinski definition) is 1. The molecule has 1 amide bonds. The second-order valence-corrected chi connectivity index (χ2v) is 6.39. The van der Waals surface area contributed by atoms with Gasteiger partial charge in [-0.25, -0.2) is 0 Å². The largest absolute Gasteiger partial charge is 0.379 e. The number of nitrogens with one attached hydrogen (secondary N) is 1. The van der Waals surface area contributed by atoms with Crippen molar-refractivity contribution in [1.82, 2.24) is 20.3 Å². The lowest BCUT2D eigenvalue weighted by Crippen LogP contribution is -2.35. The molecule has 2 aliphatic rings. The number of H-pyrrole nitrogens is 1. The van der Waals surface area contributed by atoms with Gasteiger partial charge in [0.15, 0.2) is 0 Å². The number of likely N-dealkylation sites (tertiary alicyclic amines) is 1. The summed E-state index contributed by atoms with van der Waals surface area (Å²) in [7, 11) is 1.69. The van der Waals surface area contributed by atoms with Crippen LogP contribution >= 0.6 is 0 Å². The minimum absolute atomic E-state index is 0.0205. The molecule has 6 nitrogen and oxygen atoms in total. The quantitative estimate of drug-likeness (QED) is 0.923. The van der Waals surface area contributed by atoms with Crippen LogP contribution in [0.15, 0.2) is 30.5 Å². The third kappa shape index (κ3) is 2.53. The minimum atomic E-state index is -0.0205. The predicted octanol–water partition coefficient (Wildman–Crippen LogP) is 1.16. The van der Waals surface area contributed by atoms with Gasteiger partial charge in [0.1, 0.15) is 0 Å². The summed E-state index contributed by atoms with van der Waals surface area (Å²) < 4.78 is 5.58. The molecule has 1 aliphatic heterocycles. The van der Waals surface area contributed by atoms with Crippen molar-refractivity contribution >= 4 is 5.91 Å². The number of amides is 1. The fraction of sp³-hybridized carbons (Fsp3) is 0.471. The number of benzene rings is 1. The van der Waals surface area contributed by atoms with E-state index < -0.39 is 0 Å². The van der Waals surface area contributed by atoms with E-state index in [1.54, 1.807) is 13.3 Å². The van der Waals surface area contributed by atoms with Crippen LogP contribution in [0.3, 0.4) is 0 Å². The molecule has 0 unspecified atom stereocenters. The van der Waals surface area contributed by atoms with E-state index in [9.17, 15) is 4.79 Å². The molecular formula is C17H20N4O2. The van der Waals surface area contributed by atoms with Gasteiger partial charge in [0.25, 0.3) is 0 Å². The zero-order valence-electron chi connectivity index (χ0n) is 13.1. The van der Waals surface area contributed by atoms with Crippen molar-refractivity contribution in [3.8, 4) is 0 Å². The smallest absolute Gasteiger partial charge is 0.226 e. The van der Waals surface area contributed by atoms with E-state index in [1.165, 1.54) is 11.1 Å². The lowest BCUT2D eigenvalue weighted by molar-refractivity contribution is -0.134. The van der Waals surface area contributed by atoms with Gasteiger partial charge < -0.3 is 9.64 Å². The van der Waals surface area contributed by atoms with Crippen LogP contribution in [0.1, 0.15) is 22.7 Å². The first-order valence-corrected chi connectivity index (χ1v) is 8.00. The van der Waals surface area contributed by atoms with Crippen molar-refractivity contribution in [3.63, 3.8) is 0 Å². The molecule has 0 spiro atoms. The van der Waals surface area contributed by atoms with E-state index in [0.29, 0.717) is 13.1 Å². The molecule has 2 heterocycles. The molecule has 1 N–H and O–H groups in total. The molecular weight excluding hydrogens is 292 g/mol. The zero-order chi connectivity index (χ0) is 15.8. The molecule has 6 heteroatoms. The Hall–Kier alpha value is -2.21. The number of carbonyl (C=O) groups is 1. The molecule has 0 saturated carbocycles. The van der Waals surface area contributed by atoms with Gasteiger partial charge in [-0.15, -0.1) is 0 Å². The molecule has 4 rings (SSSR count). The Bertz CT molecular complexity index is 675. The first kappa shape index (κ1) is 14.4. The highest BCUT2D eigenvalue weighted by Crippen LogP contribution is 2.32. The summed E-state index contributed by atoms with van der Waals surface area (Å²) in [6.45, 7) is 1.27. The number of methoxy groups -OCH3 is 1. The molecule has 2 aromatic rings. The maximum Gasteiger partial charge on any atom is 0.226 e. The Morgan fingerprint density at radius 3 is 2.61 bits per heavy atom. The van der Waals surface area contributed by atoms with Crippen LogP contribution in [-0.2, 0) is 22.4 Å². The number of ether oxygens (including phenoxy) is 1. The van der Waals surface area contributed by atoms with Crippen LogP contribution in [0, 0.1) is 5.92 Å². The van der Waals surface area contributed by atoms with Crippen molar-refractivity contribution in [3.05, 3.63) is 47.3 Å². The maximum atomic E-state index is 12.9. The number of carbonyl (C=O) groups excluding carboxylic acids is 1. The summed E-state index contributed by atoms with van der Waals surface area (Å²) in [5.74, 6) is 0.377. The average molecular weight is 312 g/mol. The van der Waals surface area contributed by atoms with E-state index in [4.69, 9.17) is 4.74 Å². The van der Waals surface area contributed by atoms with Gasteiger partial charge in [-0.1, -0.05) is 24.3 Å². The lowest BCUT2D eigenvalue weighted by atomic mass is 10.0. The van der Waals surface area contributed by atoms with Gasteiger partial charge in [-0.05, 0) is 24.0 Å². The predicted molar refractivity (Wildman–Crippen MR) is 83.8 cm³/mol. The van der Waals surface area contributed by atoms with Gasteiger partial charge in [-0.2, -0.15) is 15.4 Å². The number of aromatic amines is 1. The van der Waals surface area contributed by atoms with Crippen LogP contribution in [0.2, 0.25) is 0 Å². The van der Waals surface area contributed by atoms with E-state index >= 15 is 0 Å². The molecule has 1 aliphatic carbocycles. The SMILES string of the molecule is CO[C@@H]1CN(C(=O)C2Cc3ccccc3C2)C[C@H]1c1cn[nH]n1. The summed E-state index contributed by atoms with van der Waals surface area (Å²) in [6, 6.07) is 8.34. The summed E-state index contributed by atoms with van der Waals surface area (Å²) in [4.78, 5) is 14.9. The Labute approximate surface area is 134 Å². The number of aromatic nitrogens is 3. The monoisotopic (exact) mass is 312 g/mol. The standard InChI is InChI=1S/C17H20N4O2/c1-23-16-10-21(9-14(16)15-8-18-20-19-15)17(22)13-6-11-4-2-3-5-12(11)7-13/h2-5,8,13-14,16H,6-7,9-10H2,1H3,(H,18,19,20)/t14-,16+/m0/s1. The first-order valence-electron chi connectivity index (χ1n) is 8.00. The highest BCUT2D eigenvalue weighted by molar-refractivity contribution is 5.81. The lowest BCUT2D eigenvalue weighted by Gasteiger charge is -2.20. The number of nitrogens with zero attached hydrogens (tertiary/aromatic N) is 3. The molecule has 1 saturated heterocycles. The summed E-state index contributed by atoms with van der Waals surface area (Å²) in [5, 5.41) is 10.7. The third-order valence-corrected chi connectivity index (χ3v) is 5.09. The van der Waals surface area contributed by atoms with E-state index in [-0.39, 0.29) is 23.8 Å². The van der Waals surface area contributed by atoms with Crippen LogP contribution in [0.5, 0.6) is 0 Å². The maximum absolute atomic E-state index is 12.9. The molecule has 1 fully saturated rings. The summed E-state index contributed by atoms with van der Waals surface area (Å²) >= 11 is 0. The Balaban J connectivity index is 1.48. The summed E-state index contributed by atoms with van der Waals surface area (Å²) in [6.07, 6.45) is 3.39. The van der Waals surface area contributed by atoms with Gasteiger partial charge in [0.2, 0.25) is 5.91 Å². The normalized spacial score (nSPS) is 24.1. The van der Waals surface area contributed by atoms with Crippen molar-refractivity contribution in [1.29, 1.82) is 0 Å². The highest BCUT2D eigenvalue weighted by Gasteiger charge is 2.40. The fourth-order valence-corrected chi connectivity index (χ4v) is 3.86. The molecule has 1 aromatic heterocycles. The van der Waals surface area contributed by atoms with Gasteiger partial charge in [0.05, 0.1) is 23.9 Å². The fourth-order valence-electron chi connectivity index (χ4n) is 3.86. The molecule has 120 valence electrons. The molecule has 2 atom stereocenters. The van der Waals surface area contributed by atoms with Crippen LogP contribution in [-0.4, -0.2) is 52.5 Å². The van der Waals surface area contributed by atoms with Crippen LogP contribution < -0.4 is 0 Å². The second kappa shape index (κ2) is 5.77. The van der Waals surface area contributed by atoms with Crippen molar-refractivity contribution in [2.45, 2.75) is 24.9 Å². The van der Waals surface area contributed by atoms with E-state index in [0.717, 1.165) is 18.5 Å². The molecule has 0 radical (unpaired) electrons. The topological polar surface area (TPSA) is 71.1 Å². The molecule has 1 aromatic carbocycles.